The summed E-state index contributed by atoms with van der Waals surface area (Å²) in [6.07, 6.45) is 0.857. The van der Waals surface area contributed by atoms with Crippen molar-refractivity contribution in [2.24, 2.45) is 0 Å². The lowest BCUT2D eigenvalue weighted by Gasteiger charge is -2.06. The summed E-state index contributed by atoms with van der Waals surface area (Å²) in [4.78, 5) is 15.0. The summed E-state index contributed by atoms with van der Waals surface area (Å²) in [7, 11) is 0. The van der Waals surface area contributed by atoms with E-state index in [1.54, 1.807) is 0 Å². The quantitative estimate of drug-likeness (QED) is 0.810. The monoisotopic (exact) mass is 242 g/mol. The molecule has 0 unspecified atom stereocenters. The van der Waals surface area contributed by atoms with Crippen molar-refractivity contribution >= 4 is 27.7 Å². The molecule has 0 saturated carbocycles. The molecule has 0 atom stereocenters. The third kappa shape index (κ3) is 2.81. The van der Waals surface area contributed by atoms with Crippen LogP contribution in [-0.4, -0.2) is 10.9 Å². The van der Waals surface area contributed by atoms with E-state index in [2.05, 4.69) is 26.2 Å². The highest BCUT2D eigenvalue weighted by Crippen LogP contribution is 2.17. The number of halogens is 1. The van der Waals surface area contributed by atoms with Gasteiger partial charge >= 0.3 is 0 Å². The number of aryl methyl sites for hydroxylation is 1. The predicted molar refractivity (Wildman–Crippen MR) is 55.6 cm³/mol. The van der Waals surface area contributed by atoms with Gasteiger partial charge < -0.3 is 5.32 Å². The number of carbonyl (C=O) groups is 1. The Morgan fingerprint density at radius 1 is 1.62 bits per heavy atom. The van der Waals surface area contributed by atoms with Gasteiger partial charge in [-0.2, -0.15) is 0 Å². The largest absolute Gasteiger partial charge is 0.311 e. The summed E-state index contributed by atoms with van der Waals surface area (Å²) >= 11 is 3.25. The van der Waals surface area contributed by atoms with E-state index in [0.717, 1.165) is 16.6 Å². The van der Waals surface area contributed by atoms with Crippen LogP contribution < -0.4 is 5.32 Å². The molecule has 0 radical (unpaired) electrons. The van der Waals surface area contributed by atoms with Crippen LogP contribution in [0.25, 0.3) is 0 Å². The third-order valence-corrected chi connectivity index (χ3v) is 2.06. The molecule has 0 aliphatic heterocycles. The molecule has 1 N–H and O–H groups in total. The van der Waals surface area contributed by atoms with Crippen molar-refractivity contribution in [3.05, 3.63) is 22.3 Å². The van der Waals surface area contributed by atoms with Crippen molar-refractivity contribution in [1.29, 1.82) is 0 Å². The van der Waals surface area contributed by atoms with E-state index < -0.39 is 0 Å². The molecule has 0 fully saturated rings. The molecule has 70 valence electrons. The van der Waals surface area contributed by atoms with E-state index in [-0.39, 0.29) is 5.91 Å². The Kier molecular flexibility index (Phi) is 3.42. The Morgan fingerprint density at radius 2 is 2.31 bits per heavy atom. The molecule has 0 spiro atoms. The number of nitrogens with zero attached hydrogens (tertiary/aromatic N) is 1. The summed E-state index contributed by atoms with van der Waals surface area (Å²) in [6, 6.07) is 3.81. The summed E-state index contributed by atoms with van der Waals surface area (Å²) in [5.74, 6) is 0.546. The van der Waals surface area contributed by atoms with Gasteiger partial charge in [0.25, 0.3) is 0 Å². The number of anilines is 1. The minimum Gasteiger partial charge on any atom is -0.311 e. The van der Waals surface area contributed by atoms with Crippen LogP contribution in [0.1, 0.15) is 19.4 Å². The van der Waals surface area contributed by atoms with Crippen LogP contribution in [-0.2, 0) is 11.2 Å². The first-order chi connectivity index (χ1) is 6.13. The molecule has 13 heavy (non-hydrogen) atoms. The van der Waals surface area contributed by atoms with Crippen LogP contribution in [0, 0.1) is 0 Å². The highest BCUT2D eigenvalue weighted by atomic mass is 79.9. The summed E-state index contributed by atoms with van der Waals surface area (Å²) in [5.41, 5.74) is 1.04. The predicted octanol–water partition coefficient (Wildman–Crippen LogP) is 2.36. The summed E-state index contributed by atoms with van der Waals surface area (Å²) in [6.45, 7) is 3.50. The lowest BCUT2D eigenvalue weighted by atomic mass is 10.2. The molecule has 1 rings (SSSR count). The maximum Gasteiger partial charge on any atom is 0.222 e. The van der Waals surface area contributed by atoms with Gasteiger partial charge in [0.05, 0.1) is 0 Å². The van der Waals surface area contributed by atoms with Gasteiger partial charge in [0.1, 0.15) is 10.4 Å². The van der Waals surface area contributed by atoms with Crippen LogP contribution in [0.5, 0.6) is 0 Å². The van der Waals surface area contributed by atoms with Gasteiger partial charge in [-0.1, -0.05) is 13.0 Å². The normalized spacial score (nSPS) is 9.77. The Hall–Kier alpha value is -0.900. The summed E-state index contributed by atoms with van der Waals surface area (Å²) < 4.78 is 0.730. The fraction of sp³-hybridized carbons (Fsp3) is 0.333. The molecule has 1 aromatic heterocycles. The highest BCUT2D eigenvalue weighted by Gasteiger charge is 2.04. The second-order valence-corrected chi connectivity index (χ2v) is 3.49. The average molecular weight is 243 g/mol. The minimum absolute atomic E-state index is 0.0969. The number of amides is 1. The molecular weight excluding hydrogens is 232 g/mol. The van der Waals surface area contributed by atoms with E-state index in [1.165, 1.54) is 6.92 Å². The summed E-state index contributed by atoms with van der Waals surface area (Å²) in [5, 5.41) is 2.69. The topological polar surface area (TPSA) is 42.0 Å². The van der Waals surface area contributed by atoms with Crippen molar-refractivity contribution in [1.82, 2.24) is 4.98 Å². The molecule has 0 bridgehead atoms. The number of pyridine rings is 1. The lowest BCUT2D eigenvalue weighted by Crippen LogP contribution is -2.09. The molecule has 0 saturated heterocycles. The molecular formula is C9H11BrN2O. The lowest BCUT2D eigenvalue weighted by molar-refractivity contribution is -0.114. The molecule has 0 aliphatic rings. The zero-order valence-corrected chi connectivity index (χ0v) is 9.18. The van der Waals surface area contributed by atoms with Gasteiger partial charge in [0, 0.05) is 6.92 Å². The number of rotatable bonds is 2. The first kappa shape index (κ1) is 10.2. The van der Waals surface area contributed by atoms with Gasteiger partial charge in [-0.15, -0.1) is 0 Å². The second kappa shape index (κ2) is 4.37. The molecule has 1 amide bonds. The Labute approximate surface area is 85.7 Å². The van der Waals surface area contributed by atoms with Crippen molar-refractivity contribution in [3.63, 3.8) is 0 Å². The van der Waals surface area contributed by atoms with Crippen molar-refractivity contribution in [3.8, 4) is 0 Å². The van der Waals surface area contributed by atoms with Crippen LogP contribution in [0.15, 0.2) is 16.7 Å². The van der Waals surface area contributed by atoms with E-state index in [0.29, 0.717) is 5.82 Å². The van der Waals surface area contributed by atoms with Crippen LogP contribution in [0.4, 0.5) is 5.82 Å². The Bertz CT molecular complexity index is 325. The third-order valence-electron chi connectivity index (χ3n) is 1.62. The van der Waals surface area contributed by atoms with Crippen LogP contribution >= 0.6 is 15.9 Å². The van der Waals surface area contributed by atoms with Gasteiger partial charge in [-0.05, 0) is 34.0 Å². The van der Waals surface area contributed by atoms with E-state index in [9.17, 15) is 4.79 Å². The van der Waals surface area contributed by atoms with Gasteiger partial charge in [0.2, 0.25) is 5.91 Å². The molecule has 4 heteroatoms. The van der Waals surface area contributed by atoms with Gasteiger partial charge in [-0.3, -0.25) is 4.79 Å². The number of carbonyl (C=O) groups excluding carboxylic acids is 1. The van der Waals surface area contributed by atoms with Crippen LogP contribution in [0.3, 0.4) is 0 Å². The van der Waals surface area contributed by atoms with E-state index in [4.69, 9.17) is 0 Å². The van der Waals surface area contributed by atoms with Crippen molar-refractivity contribution in [2.45, 2.75) is 20.3 Å². The minimum atomic E-state index is -0.0969. The zero-order chi connectivity index (χ0) is 9.84. The smallest absolute Gasteiger partial charge is 0.222 e. The number of hydrogen-bond acceptors (Lipinski definition) is 2. The fourth-order valence-corrected chi connectivity index (χ4v) is 1.33. The molecule has 0 aliphatic carbocycles. The van der Waals surface area contributed by atoms with E-state index >= 15 is 0 Å². The van der Waals surface area contributed by atoms with Crippen molar-refractivity contribution in [2.75, 3.05) is 5.32 Å². The van der Waals surface area contributed by atoms with Gasteiger partial charge in [0.15, 0.2) is 0 Å². The first-order valence-electron chi connectivity index (χ1n) is 4.06. The molecule has 0 aromatic carbocycles. The maximum absolute atomic E-state index is 10.8. The standard InChI is InChI=1S/C9H11BrN2O/c1-3-7-4-5-8(10)12-9(7)11-6(2)13/h4-5H,3H2,1-2H3,(H,11,12,13). The number of nitrogens with one attached hydrogen (secondary N) is 1. The first-order valence-corrected chi connectivity index (χ1v) is 4.85. The molecule has 3 nitrogen and oxygen atoms in total. The average Bonchev–Trinajstić information content (AvgIpc) is 2.03. The second-order valence-electron chi connectivity index (χ2n) is 2.68. The van der Waals surface area contributed by atoms with Gasteiger partial charge in [-0.25, -0.2) is 4.98 Å². The zero-order valence-electron chi connectivity index (χ0n) is 7.60. The molecule has 1 aromatic rings. The fourth-order valence-electron chi connectivity index (χ4n) is 1.02. The molecule has 1 heterocycles. The highest BCUT2D eigenvalue weighted by molar-refractivity contribution is 9.10. The Balaban J connectivity index is 3.01. The van der Waals surface area contributed by atoms with Crippen molar-refractivity contribution < 1.29 is 4.79 Å². The Morgan fingerprint density at radius 3 is 2.85 bits per heavy atom. The number of hydrogen-bond donors (Lipinski definition) is 1. The van der Waals surface area contributed by atoms with E-state index in [1.807, 2.05) is 19.1 Å². The maximum atomic E-state index is 10.8. The van der Waals surface area contributed by atoms with Crippen LogP contribution in [0.2, 0.25) is 0 Å². The SMILES string of the molecule is CCc1ccc(Br)nc1NC(C)=O. The number of aromatic nitrogens is 1.